The van der Waals surface area contributed by atoms with Crippen molar-refractivity contribution in [1.82, 2.24) is 0 Å². The van der Waals surface area contributed by atoms with Crippen molar-refractivity contribution < 1.29 is 80.2 Å². The third-order valence-electron chi connectivity index (χ3n) is 16.6. The smallest absolute Gasteiger partial charge is 0.462 e. The summed E-state index contributed by atoms with van der Waals surface area (Å²) in [5.74, 6) is -0.650. The van der Waals surface area contributed by atoms with Gasteiger partial charge in [-0.2, -0.15) is 0 Å². The van der Waals surface area contributed by atoms with Gasteiger partial charge in [-0.1, -0.05) is 303 Å². The predicted octanol–water partition coefficient (Wildman–Crippen LogP) is 21.1. The van der Waals surface area contributed by atoms with E-state index in [1.807, 2.05) is 0 Å². The number of esters is 4. The fourth-order valence-corrected chi connectivity index (χ4v) is 12.3. The number of aliphatic hydroxyl groups excluding tert-OH is 1. The van der Waals surface area contributed by atoms with Crippen molar-refractivity contribution in [1.29, 1.82) is 0 Å². The minimum Gasteiger partial charge on any atom is -0.462 e. The highest BCUT2D eigenvalue weighted by Gasteiger charge is 2.30. The van der Waals surface area contributed by atoms with Gasteiger partial charge < -0.3 is 33.8 Å². The van der Waals surface area contributed by atoms with E-state index in [-0.39, 0.29) is 25.7 Å². The summed E-state index contributed by atoms with van der Waals surface area (Å²) in [5, 5.41) is 10.6. The first-order chi connectivity index (χ1) is 44.9. The Labute approximate surface area is 567 Å². The molecule has 0 radical (unpaired) electrons. The molecule has 0 saturated carbocycles. The second-order valence-corrected chi connectivity index (χ2v) is 29.9. The second kappa shape index (κ2) is 65.5. The molecule has 0 aliphatic carbocycles. The van der Waals surface area contributed by atoms with Gasteiger partial charge in [0, 0.05) is 25.7 Å². The predicted molar refractivity (Wildman–Crippen MR) is 377 cm³/mol. The van der Waals surface area contributed by atoms with Crippen molar-refractivity contribution in [2.45, 2.75) is 374 Å². The molecular formula is C74H140O17P2. The summed E-state index contributed by atoms with van der Waals surface area (Å²) in [6, 6.07) is 0. The summed E-state index contributed by atoms with van der Waals surface area (Å²) in [7, 11) is -9.92. The molecule has 0 aromatic rings. The van der Waals surface area contributed by atoms with Gasteiger partial charge in [-0.05, 0) is 63.2 Å². The standard InChI is InChI=1S/C74H140O17P2/c1-7-9-11-13-15-17-19-21-22-24-26-34-41-47-53-59-74(79)90-69(62-84-71(76)56-50-44-38-32-28-27-30-36-42-48-54-66(3)4)64-88-92(80,81)86-60-68(75)61-87-93(82,83)89-65-70(63-85-72(77)57-51-45-39-35-29-31-37-43-49-55-67(5)6)91-73(78)58-52-46-40-33-25-23-20-18-16-14-12-10-8-2/h17,19,21-22,66-70,75H,7-16,18,20,23-65H2,1-6H3,(H,80,81)(H,82,83)/b19-17-,22-21-/t68-,69-,70-/m1/s1. The Hall–Kier alpha value is -2.46. The van der Waals surface area contributed by atoms with Crippen molar-refractivity contribution >= 4 is 39.5 Å². The highest BCUT2D eigenvalue weighted by atomic mass is 31.2. The third kappa shape index (κ3) is 67.9. The van der Waals surface area contributed by atoms with E-state index in [1.54, 1.807) is 0 Å². The molecule has 3 N–H and O–H groups in total. The lowest BCUT2D eigenvalue weighted by molar-refractivity contribution is -0.161. The van der Waals surface area contributed by atoms with Crippen molar-refractivity contribution in [2.24, 2.45) is 11.8 Å². The molecule has 0 aliphatic rings. The maximum absolute atomic E-state index is 13.1. The molecule has 0 saturated heterocycles. The van der Waals surface area contributed by atoms with Crippen LogP contribution < -0.4 is 0 Å². The first-order valence-electron chi connectivity index (χ1n) is 37.8. The molecule has 0 aromatic heterocycles. The Balaban J connectivity index is 5.30. The maximum Gasteiger partial charge on any atom is 0.472 e. The van der Waals surface area contributed by atoms with E-state index in [1.165, 1.54) is 161 Å². The van der Waals surface area contributed by atoms with E-state index in [0.29, 0.717) is 25.7 Å². The molecule has 93 heavy (non-hydrogen) atoms. The van der Waals surface area contributed by atoms with E-state index in [2.05, 4.69) is 65.8 Å². The van der Waals surface area contributed by atoms with Crippen molar-refractivity contribution in [3.05, 3.63) is 24.3 Å². The first-order valence-corrected chi connectivity index (χ1v) is 40.8. The van der Waals surface area contributed by atoms with Crippen LogP contribution >= 0.6 is 15.6 Å². The number of aliphatic hydroxyl groups is 1. The molecule has 2 unspecified atom stereocenters. The van der Waals surface area contributed by atoms with Gasteiger partial charge >= 0.3 is 39.5 Å². The van der Waals surface area contributed by atoms with E-state index < -0.39 is 97.5 Å². The Bertz CT molecular complexity index is 1900. The molecule has 0 bridgehead atoms. The van der Waals surface area contributed by atoms with E-state index in [0.717, 1.165) is 115 Å². The summed E-state index contributed by atoms with van der Waals surface area (Å²) in [5.41, 5.74) is 0. The van der Waals surface area contributed by atoms with Gasteiger partial charge in [-0.3, -0.25) is 37.3 Å². The highest BCUT2D eigenvalue weighted by Crippen LogP contribution is 2.45. The molecule has 0 aromatic carbocycles. The molecule has 19 heteroatoms. The third-order valence-corrected chi connectivity index (χ3v) is 18.5. The summed E-state index contributed by atoms with van der Waals surface area (Å²) in [4.78, 5) is 72.7. The Morgan fingerprint density at radius 1 is 0.333 bits per heavy atom. The van der Waals surface area contributed by atoms with E-state index in [9.17, 15) is 43.2 Å². The second-order valence-electron chi connectivity index (χ2n) is 27.0. The zero-order valence-electron chi connectivity index (χ0n) is 60.0. The average molecular weight is 1360 g/mol. The normalized spacial score (nSPS) is 14.2. The molecular weight excluding hydrogens is 1220 g/mol. The monoisotopic (exact) mass is 1360 g/mol. The number of phosphoric ester groups is 2. The quantitative estimate of drug-likeness (QED) is 0.0169. The number of rotatable bonds is 71. The SMILES string of the molecule is CCCCCC/C=C\C=C/CCCCCCCC(=O)O[C@H](COC(=O)CCCCCCCCCCCCC(C)C)COP(=O)(O)OC[C@@H](O)COP(=O)(O)OC[C@@H](COC(=O)CCCCCCCCCCCC(C)C)OC(=O)CCCCCCCCCCCCCCC. The van der Waals surface area contributed by atoms with Crippen LogP contribution in [0, 0.1) is 11.8 Å². The fraction of sp³-hybridized carbons (Fsp3) is 0.892. The summed E-state index contributed by atoms with van der Waals surface area (Å²) in [6.45, 7) is 9.49. The van der Waals surface area contributed by atoms with Crippen LogP contribution in [0.4, 0.5) is 0 Å². The highest BCUT2D eigenvalue weighted by molar-refractivity contribution is 7.47. The summed E-state index contributed by atoms with van der Waals surface area (Å²) >= 11 is 0. The lowest BCUT2D eigenvalue weighted by Crippen LogP contribution is -2.30. The Kier molecular flexibility index (Phi) is 63.7. The number of allylic oxidation sites excluding steroid dienone is 4. The fourth-order valence-electron chi connectivity index (χ4n) is 10.8. The van der Waals surface area contributed by atoms with Crippen LogP contribution in [-0.4, -0.2) is 96.7 Å². The summed E-state index contributed by atoms with van der Waals surface area (Å²) in [6.07, 6.45) is 54.8. The molecule has 0 spiro atoms. The van der Waals surface area contributed by atoms with Crippen LogP contribution in [-0.2, 0) is 65.4 Å². The van der Waals surface area contributed by atoms with Crippen LogP contribution in [0.25, 0.3) is 0 Å². The number of hydrogen-bond donors (Lipinski definition) is 3. The summed E-state index contributed by atoms with van der Waals surface area (Å²) < 4.78 is 68.4. The Morgan fingerprint density at radius 2 is 0.581 bits per heavy atom. The maximum atomic E-state index is 13.1. The molecule has 0 fully saturated rings. The minimum absolute atomic E-state index is 0.0847. The molecule has 5 atom stereocenters. The van der Waals surface area contributed by atoms with Gasteiger partial charge in [0.1, 0.15) is 19.3 Å². The lowest BCUT2D eigenvalue weighted by atomic mass is 10.0. The van der Waals surface area contributed by atoms with Crippen LogP contribution in [0.5, 0.6) is 0 Å². The van der Waals surface area contributed by atoms with Gasteiger partial charge in [0.05, 0.1) is 26.4 Å². The molecule has 0 rings (SSSR count). The zero-order chi connectivity index (χ0) is 68.6. The number of unbranched alkanes of at least 4 members (excludes halogenated alkanes) is 38. The van der Waals surface area contributed by atoms with Gasteiger partial charge in [-0.15, -0.1) is 0 Å². The average Bonchev–Trinajstić information content (AvgIpc) is 1.59. The first kappa shape index (κ1) is 90.5. The number of phosphoric acid groups is 2. The van der Waals surface area contributed by atoms with Gasteiger partial charge in [-0.25, -0.2) is 9.13 Å². The van der Waals surface area contributed by atoms with E-state index in [4.69, 9.17) is 37.0 Å². The van der Waals surface area contributed by atoms with Crippen molar-refractivity contribution in [3.63, 3.8) is 0 Å². The lowest BCUT2D eigenvalue weighted by Gasteiger charge is -2.21. The molecule has 0 aliphatic heterocycles. The van der Waals surface area contributed by atoms with Gasteiger partial charge in [0.2, 0.25) is 0 Å². The molecule has 0 amide bonds. The van der Waals surface area contributed by atoms with Crippen LogP contribution in [0.1, 0.15) is 356 Å². The number of hydrogen-bond acceptors (Lipinski definition) is 15. The Morgan fingerprint density at radius 3 is 0.882 bits per heavy atom. The topological polar surface area (TPSA) is 237 Å². The van der Waals surface area contributed by atoms with Crippen LogP contribution in [0.2, 0.25) is 0 Å². The van der Waals surface area contributed by atoms with Crippen LogP contribution in [0.3, 0.4) is 0 Å². The van der Waals surface area contributed by atoms with Crippen molar-refractivity contribution in [2.75, 3.05) is 39.6 Å². The van der Waals surface area contributed by atoms with Gasteiger partial charge in [0.25, 0.3) is 0 Å². The number of carbonyl (C=O) groups is 4. The number of ether oxygens (including phenoxy) is 4. The molecule has 548 valence electrons. The number of carbonyl (C=O) groups excluding carboxylic acids is 4. The van der Waals surface area contributed by atoms with Crippen molar-refractivity contribution in [3.8, 4) is 0 Å². The largest absolute Gasteiger partial charge is 0.472 e. The zero-order valence-corrected chi connectivity index (χ0v) is 61.8. The van der Waals surface area contributed by atoms with E-state index >= 15 is 0 Å². The van der Waals surface area contributed by atoms with Crippen LogP contribution in [0.15, 0.2) is 24.3 Å². The molecule has 17 nitrogen and oxygen atoms in total. The minimum atomic E-state index is -4.96. The van der Waals surface area contributed by atoms with Gasteiger partial charge in [0.15, 0.2) is 12.2 Å². The molecule has 0 heterocycles.